The topological polar surface area (TPSA) is 46.4 Å². The van der Waals surface area contributed by atoms with Crippen molar-refractivity contribution in [1.29, 1.82) is 0 Å². The fraction of sp³-hybridized carbons (Fsp3) is 0.286. The number of halogens is 2. The van der Waals surface area contributed by atoms with Crippen LogP contribution < -0.4 is 5.32 Å². The zero-order valence-electron chi connectivity index (χ0n) is 19.7. The number of amides is 1. The third-order valence-electron chi connectivity index (χ3n) is 6.70. The summed E-state index contributed by atoms with van der Waals surface area (Å²) >= 11 is 0. The smallest absolute Gasteiger partial charge is 0.253 e. The monoisotopic (exact) mass is 459 g/mol. The van der Waals surface area contributed by atoms with Crippen LogP contribution in [-0.2, 0) is 6.42 Å². The number of rotatable bonds is 4. The Balaban J connectivity index is 1.59. The van der Waals surface area contributed by atoms with Crippen molar-refractivity contribution < 1.29 is 13.6 Å². The molecule has 1 amide bonds. The average Bonchev–Trinajstić information content (AvgIpc) is 3.33. The Morgan fingerprint density at radius 1 is 1.06 bits per heavy atom. The summed E-state index contributed by atoms with van der Waals surface area (Å²) in [6, 6.07) is 13.7. The van der Waals surface area contributed by atoms with Crippen LogP contribution in [0.2, 0.25) is 0 Å². The molecule has 1 N–H and O–H groups in total. The second-order valence-corrected chi connectivity index (χ2v) is 9.41. The lowest BCUT2D eigenvalue weighted by Gasteiger charge is -2.19. The van der Waals surface area contributed by atoms with Crippen LogP contribution in [0.3, 0.4) is 0 Å². The van der Waals surface area contributed by atoms with Crippen LogP contribution in [0.1, 0.15) is 70.7 Å². The van der Waals surface area contributed by atoms with Gasteiger partial charge in [0.05, 0.1) is 34.1 Å². The molecule has 0 bridgehead atoms. The number of nitrogens with one attached hydrogen (secondary N) is 1. The second-order valence-electron chi connectivity index (χ2n) is 9.41. The number of benzene rings is 2. The normalized spacial score (nSPS) is 15.2. The van der Waals surface area contributed by atoms with Crippen molar-refractivity contribution in [3.63, 3.8) is 0 Å². The molecule has 2 heterocycles. The lowest BCUT2D eigenvalue weighted by atomic mass is 9.99. The first-order valence-corrected chi connectivity index (χ1v) is 11.6. The Morgan fingerprint density at radius 2 is 1.79 bits per heavy atom. The summed E-state index contributed by atoms with van der Waals surface area (Å²) < 4.78 is 30.9. The number of aryl methyl sites for hydroxylation is 3. The fourth-order valence-electron chi connectivity index (χ4n) is 5.15. The summed E-state index contributed by atoms with van der Waals surface area (Å²) in [4.78, 5) is 13.5. The number of fused-ring (bicyclic) bond motifs is 2. The van der Waals surface area contributed by atoms with E-state index in [4.69, 9.17) is 0 Å². The molecule has 0 aliphatic heterocycles. The predicted octanol–water partition coefficient (Wildman–Crippen LogP) is 6.44. The molecule has 1 aliphatic rings. The third kappa shape index (κ3) is 3.58. The van der Waals surface area contributed by atoms with Gasteiger partial charge in [-0.1, -0.05) is 43.7 Å². The van der Waals surface area contributed by atoms with Crippen LogP contribution in [0.4, 0.5) is 8.78 Å². The summed E-state index contributed by atoms with van der Waals surface area (Å²) in [5.74, 6) is -1.49. The van der Waals surface area contributed by atoms with E-state index in [1.807, 2.05) is 13.8 Å². The molecule has 5 rings (SSSR count). The number of hydrogen-bond acceptors (Lipinski definition) is 2. The Labute approximate surface area is 197 Å². The SMILES string of the molecule is Cc1ccc2c(c1)C(NC(=O)c1ccc3c(-c4c(F)cccc4F)c(C)nn3c1C(C)C)CC2. The van der Waals surface area contributed by atoms with Gasteiger partial charge in [-0.25, -0.2) is 13.3 Å². The molecule has 2 aromatic carbocycles. The van der Waals surface area contributed by atoms with E-state index in [1.165, 1.54) is 34.9 Å². The first-order chi connectivity index (χ1) is 16.3. The molecule has 1 atom stereocenters. The highest BCUT2D eigenvalue weighted by atomic mass is 19.1. The van der Waals surface area contributed by atoms with Crippen LogP contribution in [0, 0.1) is 25.5 Å². The standard InChI is InChI=1S/C28H27F2N3O/c1-15(2)27-19(28(34)31-23-12-10-18-9-8-16(3)14-20(18)23)11-13-24-25(17(4)32-33(24)27)26-21(29)6-5-7-22(26)30/h5-9,11,13-15,23H,10,12H2,1-4H3,(H,31,34). The first-order valence-electron chi connectivity index (χ1n) is 11.6. The summed E-state index contributed by atoms with van der Waals surface area (Å²) in [6.07, 6.45) is 1.80. The molecule has 4 aromatic rings. The predicted molar refractivity (Wildman–Crippen MR) is 129 cm³/mol. The molecule has 0 spiro atoms. The number of carbonyl (C=O) groups is 1. The number of aromatic nitrogens is 2. The molecular weight excluding hydrogens is 432 g/mol. The summed E-state index contributed by atoms with van der Waals surface area (Å²) in [6.45, 7) is 7.76. The Hall–Kier alpha value is -3.54. The average molecular weight is 460 g/mol. The van der Waals surface area contributed by atoms with Gasteiger partial charge in [-0.2, -0.15) is 5.10 Å². The molecule has 4 nitrogen and oxygen atoms in total. The molecule has 0 saturated carbocycles. The van der Waals surface area contributed by atoms with Crippen molar-refractivity contribution in [1.82, 2.24) is 14.9 Å². The van der Waals surface area contributed by atoms with Crippen LogP contribution in [0.25, 0.3) is 16.6 Å². The number of pyridine rings is 1. The maximum Gasteiger partial charge on any atom is 0.253 e. The molecule has 174 valence electrons. The van der Waals surface area contributed by atoms with Gasteiger partial charge in [-0.05, 0) is 68.0 Å². The molecule has 2 aromatic heterocycles. The molecule has 0 saturated heterocycles. The molecule has 34 heavy (non-hydrogen) atoms. The molecule has 0 fully saturated rings. The number of hydrogen-bond donors (Lipinski definition) is 1. The van der Waals surface area contributed by atoms with Crippen LogP contribution >= 0.6 is 0 Å². The van der Waals surface area contributed by atoms with E-state index in [0.717, 1.165) is 12.8 Å². The van der Waals surface area contributed by atoms with Gasteiger partial charge in [0.15, 0.2) is 0 Å². The highest BCUT2D eigenvalue weighted by Crippen LogP contribution is 2.36. The number of nitrogens with zero attached hydrogens (tertiary/aromatic N) is 2. The van der Waals surface area contributed by atoms with Gasteiger partial charge >= 0.3 is 0 Å². The molecule has 1 unspecified atom stereocenters. The van der Waals surface area contributed by atoms with E-state index in [0.29, 0.717) is 28.0 Å². The van der Waals surface area contributed by atoms with Gasteiger partial charge in [0.2, 0.25) is 0 Å². The summed E-state index contributed by atoms with van der Waals surface area (Å²) in [7, 11) is 0. The van der Waals surface area contributed by atoms with E-state index < -0.39 is 11.6 Å². The number of carbonyl (C=O) groups excluding carboxylic acids is 1. The molecular formula is C28H27F2N3O. The minimum atomic E-state index is -0.638. The van der Waals surface area contributed by atoms with Gasteiger partial charge in [0.1, 0.15) is 11.6 Å². The van der Waals surface area contributed by atoms with Crippen molar-refractivity contribution >= 4 is 11.4 Å². The lowest BCUT2D eigenvalue weighted by Crippen LogP contribution is -2.29. The van der Waals surface area contributed by atoms with Gasteiger partial charge in [0.25, 0.3) is 5.91 Å². The van der Waals surface area contributed by atoms with Crippen LogP contribution in [0.15, 0.2) is 48.5 Å². The maximum atomic E-state index is 14.6. The van der Waals surface area contributed by atoms with Crippen LogP contribution in [-0.4, -0.2) is 15.5 Å². The third-order valence-corrected chi connectivity index (χ3v) is 6.70. The minimum absolute atomic E-state index is 0.0412. The zero-order valence-corrected chi connectivity index (χ0v) is 19.7. The van der Waals surface area contributed by atoms with Crippen molar-refractivity contribution in [2.45, 2.75) is 52.5 Å². The molecule has 0 radical (unpaired) electrons. The van der Waals surface area contributed by atoms with Gasteiger partial charge in [-0.15, -0.1) is 0 Å². The van der Waals surface area contributed by atoms with Crippen molar-refractivity contribution in [3.8, 4) is 11.1 Å². The largest absolute Gasteiger partial charge is 0.345 e. The minimum Gasteiger partial charge on any atom is -0.345 e. The second kappa shape index (κ2) is 8.35. The van der Waals surface area contributed by atoms with Crippen molar-refractivity contribution in [3.05, 3.63) is 93.8 Å². The highest BCUT2D eigenvalue weighted by Gasteiger charge is 2.28. The molecule has 1 aliphatic carbocycles. The fourth-order valence-corrected chi connectivity index (χ4v) is 5.15. The van der Waals surface area contributed by atoms with Gasteiger partial charge < -0.3 is 5.32 Å². The summed E-state index contributed by atoms with van der Waals surface area (Å²) in [5, 5.41) is 7.83. The Bertz CT molecular complexity index is 1420. The quantitative estimate of drug-likeness (QED) is 0.382. The van der Waals surface area contributed by atoms with E-state index in [1.54, 1.807) is 23.6 Å². The van der Waals surface area contributed by atoms with E-state index >= 15 is 0 Å². The van der Waals surface area contributed by atoms with E-state index in [-0.39, 0.29) is 23.4 Å². The Kier molecular flexibility index (Phi) is 5.47. The van der Waals surface area contributed by atoms with E-state index in [9.17, 15) is 13.6 Å². The lowest BCUT2D eigenvalue weighted by molar-refractivity contribution is 0.0934. The molecule has 6 heteroatoms. The van der Waals surface area contributed by atoms with Gasteiger partial charge in [-0.3, -0.25) is 4.79 Å². The first kappa shape index (κ1) is 22.3. The Morgan fingerprint density at radius 3 is 2.50 bits per heavy atom. The van der Waals surface area contributed by atoms with Crippen molar-refractivity contribution in [2.24, 2.45) is 0 Å². The zero-order chi connectivity index (χ0) is 24.1. The summed E-state index contributed by atoms with van der Waals surface area (Å²) in [5.41, 5.74) is 6.23. The van der Waals surface area contributed by atoms with E-state index in [2.05, 4.69) is 35.5 Å². The maximum absolute atomic E-state index is 14.6. The van der Waals surface area contributed by atoms with Crippen LogP contribution in [0.5, 0.6) is 0 Å². The van der Waals surface area contributed by atoms with Gasteiger partial charge in [0, 0.05) is 5.56 Å². The van der Waals surface area contributed by atoms with Crippen molar-refractivity contribution in [2.75, 3.05) is 0 Å². The highest BCUT2D eigenvalue weighted by molar-refractivity contribution is 5.97.